The maximum Gasteiger partial charge on any atom is 0.258 e. The van der Waals surface area contributed by atoms with Crippen LogP contribution < -0.4 is 9.47 Å². The van der Waals surface area contributed by atoms with E-state index in [1.165, 1.54) is 0 Å². The molecule has 148 valence electrons. The smallest absolute Gasteiger partial charge is 0.258 e. The lowest BCUT2D eigenvalue weighted by atomic mass is 10.1. The number of hydrogen-bond donors (Lipinski definition) is 0. The Morgan fingerprint density at radius 3 is 2.66 bits per heavy atom. The van der Waals surface area contributed by atoms with E-state index < -0.39 is 0 Å². The van der Waals surface area contributed by atoms with Crippen LogP contribution in [0.25, 0.3) is 0 Å². The van der Waals surface area contributed by atoms with Gasteiger partial charge in [-0.3, -0.25) is 4.79 Å². The Kier molecular flexibility index (Phi) is 6.06. The van der Waals surface area contributed by atoms with Crippen molar-refractivity contribution in [2.24, 2.45) is 0 Å². The molecule has 0 aliphatic carbocycles. The Balaban J connectivity index is 1.52. The van der Waals surface area contributed by atoms with Gasteiger partial charge in [0.2, 0.25) is 0 Å². The monoisotopic (exact) mass is 405 g/mol. The molecule has 1 atom stereocenters. The molecule has 1 saturated heterocycles. The first-order chi connectivity index (χ1) is 14.3. The molecular formula is C24H23NO3S. The van der Waals surface area contributed by atoms with E-state index in [1.807, 2.05) is 77.7 Å². The van der Waals surface area contributed by atoms with Crippen LogP contribution in [0, 0.1) is 0 Å². The van der Waals surface area contributed by atoms with Crippen molar-refractivity contribution >= 4 is 17.7 Å². The molecule has 3 aromatic rings. The molecule has 3 aromatic carbocycles. The zero-order valence-corrected chi connectivity index (χ0v) is 17.1. The van der Waals surface area contributed by atoms with Crippen molar-refractivity contribution in [3.05, 3.63) is 95.6 Å². The molecule has 1 unspecified atom stereocenters. The highest BCUT2D eigenvalue weighted by Gasteiger charge is 2.32. The number of para-hydroxylation sites is 1. The van der Waals surface area contributed by atoms with E-state index in [0.717, 1.165) is 22.6 Å². The van der Waals surface area contributed by atoms with Crippen LogP contribution >= 0.6 is 11.8 Å². The standard InChI is InChI=1S/C24H23NO3S/c1-27-22-13-6-5-12-21(22)23(26)25-14-15-29-24(25)19-10-7-11-20(16-19)28-17-18-8-3-2-4-9-18/h2-13,16,24H,14-15,17H2,1H3. The predicted octanol–water partition coefficient (Wildman–Crippen LogP) is 5.16. The number of methoxy groups -OCH3 is 1. The third-order valence-corrected chi connectivity index (χ3v) is 6.14. The molecule has 29 heavy (non-hydrogen) atoms. The molecular weight excluding hydrogens is 382 g/mol. The molecule has 1 heterocycles. The number of hydrogen-bond acceptors (Lipinski definition) is 4. The molecule has 1 fully saturated rings. The summed E-state index contributed by atoms with van der Waals surface area (Å²) < 4.78 is 11.4. The quantitative estimate of drug-likeness (QED) is 0.568. The fraction of sp³-hybridized carbons (Fsp3) is 0.208. The largest absolute Gasteiger partial charge is 0.496 e. The molecule has 5 heteroatoms. The number of benzene rings is 3. The topological polar surface area (TPSA) is 38.8 Å². The number of rotatable bonds is 6. The first-order valence-electron chi connectivity index (χ1n) is 9.58. The predicted molar refractivity (Wildman–Crippen MR) is 116 cm³/mol. The molecule has 0 spiro atoms. The van der Waals surface area contributed by atoms with Crippen molar-refractivity contribution in [3.8, 4) is 11.5 Å². The number of ether oxygens (including phenoxy) is 2. The summed E-state index contributed by atoms with van der Waals surface area (Å²) in [7, 11) is 1.59. The van der Waals surface area contributed by atoms with Crippen LogP contribution in [0.4, 0.5) is 0 Å². The van der Waals surface area contributed by atoms with Crippen LogP contribution in [-0.2, 0) is 6.61 Å². The number of thioether (sulfide) groups is 1. The van der Waals surface area contributed by atoms with Crippen LogP contribution in [0.1, 0.15) is 26.9 Å². The van der Waals surface area contributed by atoms with Gasteiger partial charge in [-0.2, -0.15) is 0 Å². The summed E-state index contributed by atoms with van der Waals surface area (Å²) in [6.45, 7) is 1.23. The van der Waals surface area contributed by atoms with Crippen LogP contribution in [0.2, 0.25) is 0 Å². The molecule has 1 aliphatic rings. The average molecular weight is 406 g/mol. The highest BCUT2D eigenvalue weighted by atomic mass is 32.2. The second-order valence-electron chi connectivity index (χ2n) is 6.77. The number of carbonyl (C=O) groups excluding carboxylic acids is 1. The van der Waals surface area contributed by atoms with Crippen molar-refractivity contribution in [2.75, 3.05) is 19.4 Å². The summed E-state index contributed by atoms with van der Waals surface area (Å²) in [5.74, 6) is 2.31. The van der Waals surface area contributed by atoms with E-state index in [4.69, 9.17) is 9.47 Å². The normalized spacial score (nSPS) is 15.9. The minimum atomic E-state index is -0.0345. The molecule has 4 nitrogen and oxygen atoms in total. The third-order valence-electron chi connectivity index (χ3n) is 4.88. The fourth-order valence-electron chi connectivity index (χ4n) is 3.43. The molecule has 0 bridgehead atoms. The first kappa shape index (κ1) is 19.4. The maximum absolute atomic E-state index is 13.2. The molecule has 1 aliphatic heterocycles. The molecule has 0 N–H and O–H groups in total. The van der Waals surface area contributed by atoms with E-state index in [1.54, 1.807) is 18.9 Å². The SMILES string of the molecule is COc1ccccc1C(=O)N1CCSC1c1cccc(OCc2ccccc2)c1. The highest BCUT2D eigenvalue weighted by molar-refractivity contribution is 7.99. The van der Waals surface area contributed by atoms with Gasteiger partial charge in [-0.25, -0.2) is 0 Å². The van der Waals surface area contributed by atoms with E-state index in [9.17, 15) is 4.79 Å². The second-order valence-corrected chi connectivity index (χ2v) is 7.96. The van der Waals surface area contributed by atoms with Crippen LogP contribution in [-0.4, -0.2) is 30.2 Å². The van der Waals surface area contributed by atoms with Gasteiger partial charge in [0.05, 0.1) is 12.7 Å². The Labute approximate surface area is 175 Å². The maximum atomic E-state index is 13.2. The fourth-order valence-corrected chi connectivity index (χ4v) is 4.67. The second kappa shape index (κ2) is 9.05. The van der Waals surface area contributed by atoms with Gasteiger partial charge >= 0.3 is 0 Å². The molecule has 0 aromatic heterocycles. The van der Waals surface area contributed by atoms with Crippen LogP contribution in [0.5, 0.6) is 11.5 Å². The summed E-state index contributed by atoms with van der Waals surface area (Å²) in [5.41, 5.74) is 2.79. The lowest BCUT2D eigenvalue weighted by molar-refractivity contribution is 0.0756. The minimum Gasteiger partial charge on any atom is -0.496 e. The zero-order chi connectivity index (χ0) is 20.1. The van der Waals surface area contributed by atoms with Gasteiger partial charge in [0, 0.05) is 12.3 Å². The lowest BCUT2D eigenvalue weighted by Gasteiger charge is -2.25. The van der Waals surface area contributed by atoms with Gasteiger partial charge in [0.1, 0.15) is 23.5 Å². The Bertz CT molecular complexity index is 977. The Hall–Kier alpha value is -2.92. The minimum absolute atomic E-state index is 0.00643. The van der Waals surface area contributed by atoms with Gasteiger partial charge < -0.3 is 14.4 Å². The number of amides is 1. The molecule has 4 rings (SSSR count). The van der Waals surface area contributed by atoms with Crippen molar-refractivity contribution in [2.45, 2.75) is 12.0 Å². The average Bonchev–Trinajstić information content (AvgIpc) is 3.28. The van der Waals surface area contributed by atoms with Gasteiger partial charge in [-0.05, 0) is 35.4 Å². The summed E-state index contributed by atoms with van der Waals surface area (Å²) in [5, 5.41) is -0.0345. The van der Waals surface area contributed by atoms with Gasteiger partial charge in [-0.1, -0.05) is 54.6 Å². The highest BCUT2D eigenvalue weighted by Crippen LogP contribution is 2.40. The first-order valence-corrected chi connectivity index (χ1v) is 10.6. The Morgan fingerprint density at radius 1 is 1.03 bits per heavy atom. The van der Waals surface area contributed by atoms with E-state index >= 15 is 0 Å². The van der Waals surface area contributed by atoms with Crippen molar-refractivity contribution in [1.82, 2.24) is 4.90 Å². The van der Waals surface area contributed by atoms with E-state index in [2.05, 4.69) is 6.07 Å². The summed E-state index contributed by atoms with van der Waals surface area (Å²) in [6, 6.07) is 25.5. The van der Waals surface area contributed by atoms with E-state index in [-0.39, 0.29) is 11.3 Å². The van der Waals surface area contributed by atoms with Crippen molar-refractivity contribution in [3.63, 3.8) is 0 Å². The summed E-state index contributed by atoms with van der Waals surface area (Å²) >= 11 is 1.77. The van der Waals surface area contributed by atoms with Crippen molar-refractivity contribution < 1.29 is 14.3 Å². The van der Waals surface area contributed by atoms with E-state index in [0.29, 0.717) is 24.5 Å². The van der Waals surface area contributed by atoms with Gasteiger partial charge in [0.25, 0.3) is 5.91 Å². The Morgan fingerprint density at radius 2 is 1.83 bits per heavy atom. The number of nitrogens with zero attached hydrogens (tertiary/aromatic N) is 1. The molecule has 0 radical (unpaired) electrons. The third kappa shape index (κ3) is 4.40. The van der Waals surface area contributed by atoms with Crippen molar-refractivity contribution in [1.29, 1.82) is 0 Å². The molecule has 0 saturated carbocycles. The van der Waals surface area contributed by atoms with Gasteiger partial charge in [0.15, 0.2) is 0 Å². The molecule has 1 amide bonds. The summed E-state index contributed by atoms with van der Waals surface area (Å²) in [6.07, 6.45) is 0. The zero-order valence-electron chi connectivity index (χ0n) is 16.3. The number of carbonyl (C=O) groups is 1. The van der Waals surface area contributed by atoms with Crippen LogP contribution in [0.3, 0.4) is 0 Å². The summed E-state index contributed by atoms with van der Waals surface area (Å²) in [4.78, 5) is 15.1. The van der Waals surface area contributed by atoms with Crippen LogP contribution in [0.15, 0.2) is 78.9 Å². The van der Waals surface area contributed by atoms with Gasteiger partial charge in [-0.15, -0.1) is 11.8 Å². The lowest BCUT2D eigenvalue weighted by Crippen LogP contribution is -2.30.